The van der Waals surface area contributed by atoms with Gasteiger partial charge in [0.15, 0.2) is 0 Å². The summed E-state index contributed by atoms with van der Waals surface area (Å²) in [7, 11) is -3.34. The zero-order valence-electron chi connectivity index (χ0n) is 9.75. The summed E-state index contributed by atoms with van der Waals surface area (Å²) in [5.41, 5.74) is 0.870. The van der Waals surface area contributed by atoms with Gasteiger partial charge in [-0.2, -0.15) is 4.31 Å². The number of ketones is 1. The van der Waals surface area contributed by atoms with Gasteiger partial charge in [-0.25, -0.2) is 8.42 Å². The Hall–Kier alpha value is -0.720. The SMILES string of the molecule is O=C1CCN(S(=O)(=O)CBr)[C@H](c2ccccc2)C1. The van der Waals surface area contributed by atoms with Crippen molar-refractivity contribution in [2.75, 3.05) is 11.2 Å². The molecule has 0 unspecified atom stereocenters. The second-order valence-electron chi connectivity index (χ2n) is 4.25. The smallest absolute Gasteiger partial charge is 0.224 e. The zero-order valence-corrected chi connectivity index (χ0v) is 12.2. The Labute approximate surface area is 115 Å². The van der Waals surface area contributed by atoms with Gasteiger partial charge in [0.05, 0.1) is 6.04 Å². The Kier molecular flexibility index (Phi) is 4.19. The lowest BCUT2D eigenvalue weighted by Crippen LogP contribution is -2.41. The van der Waals surface area contributed by atoms with E-state index >= 15 is 0 Å². The van der Waals surface area contributed by atoms with Gasteiger partial charge in [-0.3, -0.25) is 4.79 Å². The normalized spacial score (nSPS) is 22.1. The maximum atomic E-state index is 12.0. The molecule has 6 heteroatoms. The van der Waals surface area contributed by atoms with Crippen LogP contribution in [0.2, 0.25) is 0 Å². The Morgan fingerprint density at radius 1 is 1.28 bits per heavy atom. The third-order valence-corrected chi connectivity index (χ3v) is 6.22. The van der Waals surface area contributed by atoms with Crippen molar-refractivity contribution >= 4 is 31.7 Å². The summed E-state index contributed by atoms with van der Waals surface area (Å²) in [5.74, 6) is 0.116. The van der Waals surface area contributed by atoms with Crippen LogP contribution in [-0.2, 0) is 14.8 Å². The van der Waals surface area contributed by atoms with Gasteiger partial charge < -0.3 is 0 Å². The third-order valence-electron chi connectivity index (χ3n) is 3.06. The van der Waals surface area contributed by atoms with Crippen molar-refractivity contribution in [3.63, 3.8) is 0 Å². The van der Waals surface area contributed by atoms with Crippen LogP contribution in [0.5, 0.6) is 0 Å². The molecule has 1 aromatic rings. The molecule has 0 N–H and O–H groups in total. The molecule has 0 aromatic heterocycles. The molecule has 0 amide bonds. The Bertz CT molecular complexity index is 530. The van der Waals surface area contributed by atoms with Gasteiger partial charge in [0.25, 0.3) is 0 Å². The van der Waals surface area contributed by atoms with E-state index in [9.17, 15) is 13.2 Å². The predicted octanol–water partition coefficient (Wildman–Crippen LogP) is 2.07. The fourth-order valence-corrected chi connectivity index (χ4v) is 4.03. The Balaban J connectivity index is 2.36. The van der Waals surface area contributed by atoms with E-state index in [0.29, 0.717) is 6.42 Å². The number of piperidine rings is 1. The van der Waals surface area contributed by atoms with Gasteiger partial charge in [-0.05, 0) is 5.56 Å². The second kappa shape index (κ2) is 5.50. The van der Waals surface area contributed by atoms with Crippen LogP contribution in [0.15, 0.2) is 30.3 Å². The Morgan fingerprint density at radius 3 is 2.56 bits per heavy atom. The molecule has 1 fully saturated rings. The number of carbonyl (C=O) groups excluding carboxylic acids is 1. The molecule has 1 heterocycles. The maximum Gasteiger partial charge on any atom is 0.224 e. The molecule has 4 nitrogen and oxygen atoms in total. The number of carbonyl (C=O) groups is 1. The first-order valence-electron chi connectivity index (χ1n) is 5.67. The van der Waals surface area contributed by atoms with E-state index in [1.54, 1.807) is 0 Å². The van der Waals surface area contributed by atoms with Crippen LogP contribution in [0.1, 0.15) is 24.4 Å². The van der Waals surface area contributed by atoms with Crippen LogP contribution < -0.4 is 0 Å². The average molecular weight is 332 g/mol. The van der Waals surface area contributed by atoms with Gasteiger partial charge in [0.2, 0.25) is 10.0 Å². The van der Waals surface area contributed by atoms with E-state index in [1.807, 2.05) is 30.3 Å². The Morgan fingerprint density at radius 2 is 1.94 bits per heavy atom. The van der Waals surface area contributed by atoms with Crippen molar-refractivity contribution in [1.29, 1.82) is 0 Å². The molecule has 1 aromatic carbocycles. The number of hydrogen-bond donors (Lipinski definition) is 0. The maximum absolute atomic E-state index is 12.0. The number of alkyl halides is 1. The summed E-state index contributed by atoms with van der Waals surface area (Å²) < 4.78 is 25.3. The number of benzene rings is 1. The minimum absolute atomic E-state index is 0.114. The van der Waals surface area contributed by atoms with E-state index < -0.39 is 10.0 Å². The van der Waals surface area contributed by atoms with Crippen molar-refractivity contribution in [1.82, 2.24) is 4.31 Å². The minimum atomic E-state index is -3.34. The molecule has 1 atom stereocenters. The van der Waals surface area contributed by atoms with Crippen LogP contribution in [0.25, 0.3) is 0 Å². The first kappa shape index (κ1) is 13.7. The highest BCUT2D eigenvalue weighted by molar-refractivity contribution is 9.10. The highest BCUT2D eigenvalue weighted by Crippen LogP contribution is 2.32. The summed E-state index contributed by atoms with van der Waals surface area (Å²) >= 11 is 3.01. The predicted molar refractivity (Wildman–Crippen MR) is 72.8 cm³/mol. The summed E-state index contributed by atoms with van der Waals surface area (Å²) in [5, 5.41) is 0. The summed E-state index contributed by atoms with van der Waals surface area (Å²) in [6.07, 6.45) is 0.561. The molecular formula is C12H14BrNO3S. The summed E-state index contributed by atoms with van der Waals surface area (Å²) in [6, 6.07) is 8.94. The van der Waals surface area contributed by atoms with Gasteiger partial charge in [-0.15, -0.1) is 0 Å². The highest BCUT2D eigenvalue weighted by atomic mass is 79.9. The lowest BCUT2D eigenvalue weighted by molar-refractivity contribution is -0.121. The summed E-state index contributed by atoms with van der Waals surface area (Å²) in [4.78, 5) is 11.6. The number of Topliss-reactive ketones (excluding diaryl/α,β-unsaturated/α-hetero) is 1. The van der Waals surface area contributed by atoms with Crippen molar-refractivity contribution in [2.24, 2.45) is 0 Å². The topological polar surface area (TPSA) is 54.5 Å². The van der Waals surface area contributed by atoms with E-state index in [-0.39, 0.29) is 29.5 Å². The number of hydrogen-bond acceptors (Lipinski definition) is 3. The van der Waals surface area contributed by atoms with E-state index in [2.05, 4.69) is 15.9 Å². The molecule has 0 saturated carbocycles. The van der Waals surface area contributed by atoms with Crippen LogP contribution >= 0.6 is 15.9 Å². The number of sulfonamides is 1. The van der Waals surface area contributed by atoms with Crippen molar-refractivity contribution in [2.45, 2.75) is 18.9 Å². The molecule has 2 rings (SSSR count). The number of nitrogens with zero attached hydrogens (tertiary/aromatic N) is 1. The molecule has 0 spiro atoms. The molecule has 1 aliphatic rings. The van der Waals surface area contributed by atoms with E-state index in [4.69, 9.17) is 0 Å². The van der Waals surface area contributed by atoms with Crippen LogP contribution in [0.4, 0.5) is 0 Å². The quantitative estimate of drug-likeness (QED) is 0.797. The van der Waals surface area contributed by atoms with Crippen LogP contribution in [-0.4, -0.2) is 29.7 Å². The summed E-state index contributed by atoms with van der Waals surface area (Å²) in [6.45, 7) is 0.270. The second-order valence-corrected chi connectivity index (χ2v) is 7.48. The van der Waals surface area contributed by atoms with Gasteiger partial charge in [-0.1, -0.05) is 46.3 Å². The first-order chi connectivity index (χ1) is 8.54. The van der Waals surface area contributed by atoms with Crippen molar-refractivity contribution < 1.29 is 13.2 Å². The van der Waals surface area contributed by atoms with Gasteiger partial charge in [0.1, 0.15) is 10.4 Å². The molecule has 0 bridgehead atoms. The van der Waals surface area contributed by atoms with Gasteiger partial charge in [0, 0.05) is 19.4 Å². The lowest BCUT2D eigenvalue weighted by atomic mass is 9.97. The molecule has 18 heavy (non-hydrogen) atoms. The standard InChI is InChI=1S/C12H14BrNO3S/c13-9-18(16,17)14-7-6-11(15)8-12(14)10-4-2-1-3-5-10/h1-5,12H,6-9H2/t12-/m0/s1. The monoisotopic (exact) mass is 331 g/mol. The molecule has 0 radical (unpaired) electrons. The largest absolute Gasteiger partial charge is 0.300 e. The molecule has 98 valence electrons. The van der Waals surface area contributed by atoms with E-state index in [0.717, 1.165) is 5.56 Å². The third kappa shape index (κ3) is 2.81. The molecule has 0 aliphatic carbocycles. The van der Waals surface area contributed by atoms with E-state index in [1.165, 1.54) is 4.31 Å². The highest BCUT2D eigenvalue weighted by Gasteiger charge is 2.35. The molecule has 1 saturated heterocycles. The molecular weight excluding hydrogens is 318 g/mol. The minimum Gasteiger partial charge on any atom is -0.300 e. The number of rotatable bonds is 3. The van der Waals surface area contributed by atoms with Crippen molar-refractivity contribution in [3.05, 3.63) is 35.9 Å². The number of halogens is 1. The lowest BCUT2D eigenvalue weighted by Gasteiger charge is -2.33. The first-order valence-corrected chi connectivity index (χ1v) is 8.40. The van der Waals surface area contributed by atoms with Gasteiger partial charge >= 0.3 is 0 Å². The van der Waals surface area contributed by atoms with Crippen molar-refractivity contribution in [3.8, 4) is 0 Å². The fraction of sp³-hybridized carbons (Fsp3) is 0.417. The van der Waals surface area contributed by atoms with Crippen LogP contribution in [0, 0.1) is 0 Å². The van der Waals surface area contributed by atoms with Crippen LogP contribution in [0.3, 0.4) is 0 Å². The average Bonchev–Trinajstić information content (AvgIpc) is 2.39. The molecule has 1 aliphatic heterocycles. The zero-order chi connectivity index (χ0) is 13.2. The fourth-order valence-electron chi connectivity index (χ4n) is 2.17.